The van der Waals surface area contributed by atoms with Crippen LogP contribution in [0.15, 0.2) is 6.33 Å². The normalized spacial score (nSPS) is 11.1. The molecule has 2 aromatic rings. The molecule has 130 valence electrons. The Bertz CT molecular complexity index is 682. The van der Waals surface area contributed by atoms with E-state index < -0.39 is 7.82 Å². The molecule has 8 N–H and O–H groups in total. The molecule has 0 radical (unpaired) electrons. The first-order valence-corrected chi connectivity index (χ1v) is 7.90. The molecule has 0 aliphatic rings. The number of aryl methyl sites for hydroxylation is 1. The van der Waals surface area contributed by atoms with Crippen molar-refractivity contribution in [1.29, 1.82) is 0 Å². The van der Waals surface area contributed by atoms with Gasteiger partial charge in [-0.25, -0.2) is 4.98 Å². The van der Waals surface area contributed by atoms with Gasteiger partial charge >= 0.3 is 29.6 Å². The molecule has 0 fully saturated rings. The molecule has 2 rings (SSSR count). The molecular weight excluding hydrogens is 354 g/mol. The molecule has 0 atom stereocenters. The SMILES string of the molecule is Nc1nc(N)c2ncn(CCC(CO)CO)c2n1.O=P([O-])(O)O.[Na+]. The minimum Gasteiger partial charge on any atom is -0.756 e. The van der Waals surface area contributed by atoms with E-state index in [-0.39, 0.29) is 60.5 Å². The van der Waals surface area contributed by atoms with E-state index >= 15 is 0 Å². The van der Waals surface area contributed by atoms with Crippen molar-refractivity contribution in [2.24, 2.45) is 5.92 Å². The Kier molecular flexibility index (Phi) is 9.88. The second-order valence-electron chi connectivity index (χ2n) is 4.59. The quantitative estimate of drug-likeness (QED) is 0.215. The molecule has 0 saturated carbocycles. The third-order valence-electron chi connectivity index (χ3n) is 2.80. The van der Waals surface area contributed by atoms with Gasteiger partial charge < -0.3 is 40.9 Å². The monoisotopic (exact) mass is 372 g/mol. The van der Waals surface area contributed by atoms with Crippen LogP contribution in [-0.4, -0.2) is 52.7 Å². The molecule has 0 aliphatic heterocycles. The van der Waals surface area contributed by atoms with E-state index in [0.717, 1.165) is 0 Å². The summed E-state index contributed by atoms with van der Waals surface area (Å²) < 4.78 is 10.6. The van der Waals surface area contributed by atoms with Gasteiger partial charge in [0.1, 0.15) is 5.52 Å². The largest absolute Gasteiger partial charge is 1.00 e. The van der Waals surface area contributed by atoms with Crippen LogP contribution in [-0.2, 0) is 11.1 Å². The average molecular weight is 372 g/mol. The molecule has 0 aliphatic carbocycles. The summed E-state index contributed by atoms with van der Waals surface area (Å²) in [5.41, 5.74) is 12.3. The van der Waals surface area contributed by atoms with Crippen molar-refractivity contribution in [2.75, 3.05) is 24.7 Å². The molecule has 0 amide bonds. The van der Waals surface area contributed by atoms with Crippen molar-refractivity contribution in [3.8, 4) is 0 Å². The third-order valence-corrected chi connectivity index (χ3v) is 2.80. The van der Waals surface area contributed by atoms with Crippen LogP contribution >= 0.6 is 7.82 Å². The minimum atomic E-state index is -4.89. The van der Waals surface area contributed by atoms with Gasteiger partial charge in [-0.3, -0.25) is 4.57 Å². The van der Waals surface area contributed by atoms with Gasteiger partial charge in [0, 0.05) is 25.7 Å². The molecule has 0 aromatic carbocycles. The summed E-state index contributed by atoms with van der Waals surface area (Å²) in [7, 11) is -4.89. The van der Waals surface area contributed by atoms with Crippen molar-refractivity contribution in [3.05, 3.63) is 6.33 Å². The van der Waals surface area contributed by atoms with Gasteiger partial charge in [-0.1, -0.05) is 0 Å². The summed E-state index contributed by atoms with van der Waals surface area (Å²) >= 11 is 0. The zero-order chi connectivity index (χ0) is 17.6. The zero-order valence-corrected chi connectivity index (χ0v) is 15.9. The van der Waals surface area contributed by atoms with E-state index in [0.29, 0.717) is 24.1 Å². The summed E-state index contributed by atoms with van der Waals surface area (Å²) in [6, 6.07) is 0. The van der Waals surface area contributed by atoms with Crippen LogP contribution in [0.4, 0.5) is 11.8 Å². The van der Waals surface area contributed by atoms with Gasteiger partial charge in [-0.15, -0.1) is 0 Å². The van der Waals surface area contributed by atoms with E-state index in [1.54, 1.807) is 10.9 Å². The van der Waals surface area contributed by atoms with Crippen molar-refractivity contribution < 1.29 is 59.0 Å². The summed E-state index contributed by atoms with van der Waals surface area (Å²) in [6.07, 6.45) is 2.21. The van der Waals surface area contributed by atoms with Gasteiger partial charge in [0.15, 0.2) is 11.5 Å². The number of imidazole rings is 1. The number of phosphoric acid groups is 1. The van der Waals surface area contributed by atoms with Gasteiger partial charge in [-0.2, -0.15) is 9.97 Å². The number of nitrogens with zero attached hydrogens (tertiary/aromatic N) is 4. The van der Waals surface area contributed by atoms with Crippen molar-refractivity contribution in [1.82, 2.24) is 19.5 Å². The summed E-state index contributed by atoms with van der Waals surface area (Å²) in [4.78, 5) is 35.0. The van der Waals surface area contributed by atoms with E-state index in [9.17, 15) is 0 Å². The summed E-state index contributed by atoms with van der Waals surface area (Å²) in [6.45, 7) is 0.461. The van der Waals surface area contributed by atoms with E-state index in [1.807, 2.05) is 0 Å². The number of nitrogen functional groups attached to an aromatic ring is 2. The van der Waals surface area contributed by atoms with Crippen molar-refractivity contribution in [3.63, 3.8) is 0 Å². The maximum absolute atomic E-state index is 9.01. The van der Waals surface area contributed by atoms with Crippen LogP contribution in [0.1, 0.15) is 6.42 Å². The Morgan fingerprint density at radius 3 is 2.29 bits per heavy atom. The van der Waals surface area contributed by atoms with Crippen LogP contribution in [0.25, 0.3) is 11.2 Å². The van der Waals surface area contributed by atoms with Crippen LogP contribution in [0.3, 0.4) is 0 Å². The summed E-state index contributed by atoms with van der Waals surface area (Å²) in [5, 5.41) is 18.0. The first-order valence-electron chi connectivity index (χ1n) is 6.37. The maximum Gasteiger partial charge on any atom is 1.00 e. The molecule has 0 saturated heterocycles. The number of fused-ring (bicyclic) bond motifs is 1. The van der Waals surface area contributed by atoms with E-state index in [4.69, 9.17) is 40.9 Å². The van der Waals surface area contributed by atoms with Gasteiger partial charge in [0.2, 0.25) is 5.95 Å². The third kappa shape index (κ3) is 7.83. The molecule has 2 aromatic heterocycles. The van der Waals surface area contributed by atoms with Crippen molar-refractivity contribution >= 4 is 30.8 Å². The molecule has 14 heteroatoms. The Hall–Kier alpha value is -0.820. The topological polar surface area (TPSA) is 217 Å². The van der Waals surface area contributed by atoms with Crippen LogP contribution in [0, 0.1) is 5.92 Å². The smallest absolute Gasteiger partial charge is 0.756 e. The number of aliphatic hydroxyl groups excluding tert-OH is 2. The molecule has 2 heterocycles. The fourth-order valence-corrected chi connectivity index (χ4v) is 1.71. The molecule has 0 spiro atoms. The number of aromatic nitrogens is 4. The Labute approximate surface area is 159 Å². The standard InChI is InChI=1S/C10H16N6O2.Na.H3O4P/c11-8-7-9(15-10(12)14-8)16(5-13-7)2-1-6(3-17)4-18;;1-5(2,3)4/h5-6,17-18H,1-4H2,(H4,11,12,14,15);;(H3,1,2,3,4)/q;+1;/p-1. The number of nitrogens with two attached hydrogens (primary N) is 2. The fourth-order valence-electron chi connectivity index (χ4n) is 1.71. The van der Waals surface area contributed by atoms with E-state index in [1.165, 1.54) is 0 Å². The van der Waals surface area contributed by atoms with Crippen LogP contribution < -0.4 is 45.9 Å². The molecule has 12 nitrogen and oxygen atoms in total. The number of aliphatic hydroxyl groups is 2. The number of hydrogen-bond acceptors (Lipinski definition) is 9. The van der Waals surface area contributed by atoms with Gasteiger partial charge in [0.05, 0.1) is 6.33 Å². The Morgan fingerprint density at radius 1 is 1.25 bits per heavy atom. The van der Waals surface area contributed by atoms with Crippen molar-refractivity contribution in [2.45, 2.75) is 13.0 Å². The Balaban J connectivity index is 0.000000777. The van der Waals surface area contributed by atoms with Crippen LogP contribution in [0.2, 0.25) is 0 Å². The predicted octanol–water partition coefficient (Wildman–Crippen LogP) is -5.57. The molecule has 0 bridgehead atoms. The molecular formula is C10H18N6NaO6P. The number of rotatable bonds is 5. The molecule has 24 heavy (non-hydrogen) atoms. The predicted molar refractivity (Wildman–Crippen MR) is 78.5 cm³/mol. The second kappa shape index (κ2) is 10.2. The Morgan fingerprint density at radius 2 is 1.79 bits per heavy atom. The summed E-state index contributed by atoms with van der Waals surface area (Å²) in [5.74, 6) is 0.193. The first kappa shape index (κ1) is 23.2. The van der Waals surface area contributed by atoms with Gasteiger partial charge in [0.25, 0.3) is 7.82 Å². The second-order valence-corrected chi connectivity index (χ2v) is 5.57. The maximum atomic E-state index is 9.01. The van der Waals surface area contributed by atoms with Gasteiger partial charge in [-0.05, 0) is 6.42 Å². The number of anilines is 2. The first-order chi connectivity index (χ1) is 10.7. The average Bonchev–Trinajstić information content (AvgIpc) is 2.81. The fraction of sp³-hybridized carbons (Fsp3) is 0.500. The van der Waals surface area contributed by atoms with Crippen LogP contribution in [0.5, 0.6) is 0 Å². The minimum absolute atomic E-state index is 0. The molecule has 0 unspecified atom stereocenters. The zero-order valence-electron chi connectivity index (χ0n) is 13.0. The number of hydrogen-bond donors (Lipinski definition) is 6. The van der Waals surface area contributed by atoms with E-state index in [2.05, 4.69) is 15.0 Å².